The zero-order chi connectivity index (χ0) is 15.6. The first-order chi connectivity index (χ1) is 9.01. The van der Waals surface area contributed by atoms with Crippen molar-refractivity contribution in [3.05, 3.63) is 0 Å². The monoisotopic (exact) mass is 282 g/mol. The molecule has 0 heterocycles. The minimum atomic E-state index is -0.108. The number of carbonyl (C=O) groups excluding carboxylic acids is 1. The van der Waals surface area contributed by atoms with Crippen molar-refractivity contribution < 1.29 is 4.79 Å². The molecule has 1 saturated carbocycles. The lowest BCUT2D eigenvalue weighted by atomic mass is 9.63. The number of rotatable bonds is 5. The highest BCUT2D eigenvalue weighted by molar-refractivity contribution is 5.81. The predicted octanol–water partition coefficient (Wildman–Crippen LogP) is 3.34. The van der Waals surface area contributed by atoms with Crippen molar-refractivity contribution in [1.29, 1.82) is 0 Å². The van der Waals surface area contributed by atoms with Crippen LogP contribution in [0.3, 0.4) is 0 Å². The molecule has 1 rings (SSSR count). The summed E-state index contributed by atoms with van der Waals surface area (Å²) in [5.74, 6) is 0.624. The molecule has 3 heteroatoms. The average molecular weight is 282 g/mol. The summed E-state index contributed by atoms with van der Waals surface area (Å²) in [6, 6.07) is 0.331. The van der Waals surface area contributed by atoms with Crippen LogP contribution in [-0.2, 0) is 4.79 Å². The van der Waals surface area contributed by atoms with Crippen molar-refractivity contribution in [3.8, 4) is 0 Å². The van der Waals surface area contributed by atoms with Crippen LogP contribution in [0.15, 0.2) is 0 Å². The van der Waals surface area contributed by atoms with E-state index in [9.17, 15) is 4.79 Å². The molecule has 1 aliphatic carbocycles. The van der Waals surface area contributed by atoms with Crippen molar-refractivity contribution in [2.75, 3.05) is 6.54 Å². The maximum Gasteiger partial charge on any atom is 0.236 e. The summed E-state index contributed by atoms with van der Waals surface area (Å²) in [6.07, 6.45) is 3.56. The summed E-state index contributed by atoms with van der Waals surface area (Å²) < 4.78 is 0. The van der Waals surface area contributed by atoms with E-state index in [-0.39, 0.29) is 11.9 Å². The Labute approximate surface area is 125 Å². The average Bonchev–Trinajstić information content (AvgIpc) is 2.20. The van der Waals surface area contributed by atoms with E-state index in [0.717, 1.165) is 19.4 Å². The highest BCUT2D eigenvalue weighted by atomic mass is 16.2. The van der Waals surface area contributed by atoms with Crippen LogP contribution < -0.4 is 10.6 Å². The van der Waals surface area contributed by atoms with E-state index in [1.54, 1.807) is 0 Å². The van der Waals surface area contributed by atoms with E-state index in [2.05, 4.69) is 52.2 Å². The SMILES string of the molecule is CC(C)CNC(=O)C(C)NC1CC(C)(C)CC(C)(C)C1. The van der Waals surface area contributed by atoms with E-state index in [1.807, 2.05) is 6.92 Å². The second kappa shape index (κ2) is 6.46. The van der Waals surface area contributed by atoms with Gasteiger partial charge in [0.25, 0.3) is 0 Å². The summed E-state index contributed by atoms with van der Waals surface area (Å²) in [4.78, 5) is 12.1. The lowest BCUT2D eigenvalue weighted by molar-refractivity contribution is -0.123. The molecule has 3 nitrogen and oxygen atoms in total. The highest BCUT2D eigenvalue weighted by Gasteiger charge is 2.39. The third-order valence-corrected chi connectivity index (χ3v) is 4.12. The van der Waals surface area contributed by atoms with Crippen LogP contribution in [0.4, 0.5) is 0 Å². The summed E-state index contributed by atoms with van der Waals surface area (Å²) in [5, 5.41) is 6.55. The number of hydrogen-bond acceptors (Lipinski definition) is 2. The van der Waals surface area contributed by atoms with E-state index < -0.39 is 0 Å². The first-order valence-corrected chi connectivity index (χ1v) is 8.04. The normalized spacial score (nSPS) is 23.6. The Hall–Kier alpha value is -0.570. The minimum Gasteiger partial charge on any atom is -0.354 e. The standard InChI is InChI=1S/C17H34N2O/c1-12(2)10-18-15(20)13(3)19-14-8-16(4,5)11-17(6,7)9-14/h12-14,19H,8-11H2,1-7H3,(H,18,20). The molecule has 0 bridgehead atoms. The molecule has 1 amide bonds. The Morgan fingerprint density at radius 2 is 1.60 bits per heavy atom. The van der Waals surface area contributed by atoms with Gasteiger partial charge in [-0.15, -0.1) is 0 Å². The Bertz CT molecular complexity index is 318. The maximum atomic E-state index is 12.1. The zero-order valence-corrected chi connectivity index (χ0v) is 14.5. The molecule has 20 heavy (non-hydrogen) atoms. The van der Waals surface area contributed by atoms with Gasteiger partial charge in [-0.1, -0.05) is 41.5 Å². The maximum absolute atomic E-state index is 12.1. The van der Waals surface area contributed by atoms with Gasteiger partial charge in [0.05, 0.1) is 6.04 Å². The zero-order valence-electron chi connectivity index (χ0n) is 14.5. The highest BCUT2D eigenvalue weighted by Crippen LogP contribution is 2.45. The largest absolute Gasteiger partial charge is 0.354 e. The van der Waals surface area contributed by atoms with Crippen molar-refractivity contribution in [2.24, 2.45) is 16.7 Å². The van der Waals surface area contributed by atoms with Gasteiger partial charge in [0.15, 0.2) is 0 Å². The van der Waals surface area contributed by atoms with Gasteiger partial charge in [-0.2, -0.15) is 0 Å². The molecular formula is C17H34N2O. The fourth-order valence-corrected chi connectivity index (χ4v) is 3.85. The Kier molecular flexibility index (Phi) is 5.65. The van der Waals surface area contributed by atoms with Gasteiger partial charge in [-0.05, 0) is 42.9 Å². The first kappa shape index (κ1) is 17.5. The quantitative estimate of drug-likeness (QED) is 0.812. The molecule has 0 aliphatic heterocycles. The Morgan fingerprint density at radius 1 is 1.10 bits per heavy atom. The van der Waals surface area contributed by atoms with Gasteiger partial charge >= 0.3 is 0 Å². The summed E-state index contributed by atoms with van der Waals surface area (Å²) in [5.41, 5.74) is 0.709. The molecule has 0 radical (unpaired) electrons. The second-order valence-electron chi connectivity index (χ2n) is 8.64. The molecule has 118 valence electrons. The molecule has 1 fully saturated rings. The summed E-state index contributed by atoms with van der Waals surface area (Å²) >= 11 is 0. The van der Waals surface area contributed by atoms with Gasteiger partial charge < -0.3 is 10.6 Å². The van der Waals surface area contributed by atoms with E-state index in [4.69, 9.17) is 0 Å². The first-order valence-electron chi connectivity index (χ1n) is 8.04. The van der Waals surface area contributed by atoms with Crippen LogP contribution >= 0.6 is 0 Å². The van der Waals surface area contributed by atoms with Gasteiger partial charge in [0.1, 0.15) is 0 Å². The number of carbonyl (C=O) groups is 1. The summed E-state index contributed by atoms with van der Waals surface area (Å²) in [6.45, 7) is 16.3. The van der Waals surface area contributed by atoms with Crippen LogP contribution in [0.25, 0.3) is 0 Å². The van der Waals surface area contributed by atoms with Crippen LogP contribution in [0.2, 0.25) is 0 Å². The third-order valence-electron chi connectivity index (χ3n) is 4.12. The number of amides is 1. The van der Waals surface area contributed by atoms with E-state index in [1.165, 1.54) is 6.42 Å². The molecule has 0 spiro atoms. The molecule has 0 saturated heterocycles. The van der Waals surface area contributed by atoms with Gasteiger partial charge in [-0.3, -0.25) is 4.79 Å². The topological polar surface area (TPSA) is 41.1 Å². The molecule has 0 aromatic rings. The van der Waals surface area contributed by atoms with Gasteiger partial charge in [0, 0.05) is 12.6 Å². The third kappa shape index (κ3) is 5.82. The fourth-order valence-electron chi connectivity index (χ4n) is 3.85. The van der Waals surface area contributed by atoms with Gasteiger partial charge in [-0.25, -0.2) is 0 Å². The molecule has 2 N–H and O–H groups in total. The second-order valence-corrected chi connectivity index (χ2v) is 8.64. The number of nitrogens with one attached hydrogen (secondary N) is 2. The fraction of sp³-hybridized carbons (Fsp3) is 0.941. The molecule has 1 unspecified atom stereocenters. The van der Waals surface area contributed by atoms with Crippen LogP contribution in [0, 0.1) is 16.7 Å². The van der Waals surface area contributed by atoms with E-state index >= 15 is 0 Å². The molecule has 1 aliphatic rings. The summed E-state index contributed by atoms with van der Waals surface area (Å²) in [7, 11) is 0. The Morgan fingerprint density at radius 3 is 2.05 bits per heavy atom. The van der Waals surface area contributed by atoms with Crippen molar-refractivity contribution in [3.63, 3.8) is 0 Å². The Balaban J connectivity index is 2.52. The van der Waals surface area contributed by atoms with E-state index in [0.29, 0.717) is 22.8 Å². The number of hydrogen-bond donors (Lipinski definition) is 2. The van der Waals surface area contributed by atoms with Crippen LogP contribution in [0.5, 0.6) is 0 Å². The van der Waals surface area contributed by atoms with Crippen molar-refractivity contribution in [2.45, 2.75) is 79.8 Å². The van der Waals surface area contributed by atoms with Crippen LogP contribution in [-0.4, -0.2) is 24.5 Å². The molecule has 0 aromatic carbocycles. The smallest absolute Gasteiger partial charge is 0.236 e. The minimum absolute atomic E-state index is 0.108. The van der Waals surface area contributed by atoms with Crippen molar-refractivity contribution >= 4 is 5.91 Å². The van der Waals surface area contributed by atoms with Gasteiger partial charge in [0.2, 0.25) is 5.91 Å². The molecular weight excluding hydrogens is 248 g/mol. The van der Waals surface area contributed by atoms with Crippen LogP contribution in [0.1, 0.15) is 67.7 Å². The lowest BCUT2D eigenvalue weighted by Crippen LogP contribution is -2.51. The molecule has 0 aromatic heterocycles. The van der Waals surface area contributed by atoms with Crippen molar-refractivity contribution in [1.82, 2.24) is 10.6 Å². The molecule has 1 atom stereocenters. The lowest BCUT2D eigenvalue weighted by Gasteiger charge is -2.45. The predicted molar refractivity (Wildman–Crippen MR) is 85.6 cm³/mol.